The highest BCUT2D eigenvalue weighted by Crippen LogP contribution is 2.17. The molecule has 2 aromatic carbocycles. The lowest BCUT2D eigenvalue weighted by Gasteiger charge is -2.03. The third kappa shape index (κ3) is 2.68. The molecule has 5 heteroatoms. The van der Waals surface area contributed by atoms with Gasteiger partial charge in [0.05, 0.1) is 5.69 Å². The number of nitrogens with zero attached hydrogens (tertiary/aromatic N) is 4. The number of fused-ring (bicyclic) bond motifs is 1. The highest BCUT2D eigenvalue weighted by molar-refractivity contribution is 5.59. The number of aromatic nitrogens is 4. The molecule has 4 rings (SSSR count). The van der Waals surface area contributed by atoms with Crippen LogP contribution in [0.15, 0.2) is 66.7 Å². The minimum Gasteiger partial charge on any atom is -0.207 e. The van der Waals surface area contributed by atoms with Crippen LogP contribution in [0, 0.1) is 5.82 Å². The molecular formula is C18H13FN4. The number of benzene rings is 2. The lowest BCUT2D eigenvalue weighted by atomic mass is 10.1. The summed E-state index contributed by atoms with van der Waals surface area (Å²) in [5, 5.41) is 13.0. The molecule has 0 atom stereocenters. The highest BCUT2D eigenvalue weighted by atomic mass is 19.1. The van der Waals surface area contributed by atoms with Crippen molar-refractivity contribution in [3.05, 3.63) is 83.9 Å². The minimum atomic E-state index is -0.246. The molecule has 4 nitrogen and oxygen atoms in total. The molecule has 0 aliphatic carbocycles. The SMILES string of the molecule is Fc1ccc(Cc2nnc3ccc(-c4ccccc4)nn23)cc1. The number of hydrogen-bond acceptors (Lipinski definition) is 3. The Morgan fingerprint density at radius 3 is 2.39 bits per heavy atom. The van der Waals surface area contributed by atoms with Gasteiger partial charge in [0.1, 0.15) is 5.82 Å². The molecular weight excluding hydrogens is 291 g/mol. The van der Waals surface area contributed by atoms with Gasteiger partial charge in [-0.05, 0) is 29.8 Å². The van der Waals surface area contributed by atoms with Crippen molar-refractivity contribution in [2.75, 3.05) is 0 Å². The molecule has 0 saturated carbocycles. The van der Waals surface area contributed by atoms with Crippen LogP contribution in [0.5, 0.6) is 0 Å². The maximum absolute atomic E-state index is 13.0. The van der Waals surface area contributed by atoms with Crippen molar-refractivity contribution < 1.29 is 4.39 Å². The van der Waals surface area contributed by atoms with E-state index < -0.39 is 0 Å². The van der Waals surface area contributed by atoms with Gasteiger partial charge in [-0.3, -0.25) is 0 Å². The Bertz CT molecular complexity index is 946. The fraction of sp³-hybridized carbons (Fsp3) is 0.0556. The molecule has 0 saturated heterocycles. The van der Waals surface area contributed by atoms with Gasteiger partial charge in [-0.2, -0.15) is 9.61 Å². The van der Waals surface area contributed by atoms with Crippen LogP contribution in [0.25, 0.3) is 16.9 Å². The van der Waals surface area contributed by atoms with Gasteiger partial charge in [-0.25, -0.2) is 4.39 Å². The number of hydrogen-bond donors (Lipinski definition) is 0. The van der Waals surface area contributed by atoms with Gasteiger partial charge < -0.3 is 0 Å². The van der Waals surface area contributed by atoms with Crippen LogP contribution < -0.4 is 0 Å². The minimum absolute atomic E-state index is 0.246. The molecule has 112 valence electrons. The Hall–Kier alpha value is -3.08. The Labute approximate surface area is 132 Å². The summed E-state index contributed by atoms with van der Waals surface area (Å²) in [7, 11) is 0. The van der Waals surface area contributed by atoms with Crippen LogP contribution >= 0.6 is 0 Å². The van der Waals surface area contributed by atoms with Crippen molar-refractivity contribution in [2.45, 2.75) is 6.42 Å². The van der Waals surface area contributed by atoms with Gasteiger partial charge in [0, 0.05) is 12.0 Å². The van der Waals surface area contributed by atoms with E-state index in [1.165, 1.54) is 12.1 Å². The topological polar surface area (TPSA) is 43.1 Å². The molecule has 0 aliphatic rings. The normalized spacial score (nSPS) is 11.0. The smallest absolute Gasteiger partial charge is 0.177 e. The number of halogens is 1. The van der Waals surface area contributed by atoms with E-state index in [1.54, 1.807) is 16.6 Å². The maximum Gasteiger partial charge on any atom is 0.177 e. The summed E-state index contributed by atoms with van der Waals surface area (Å²) in [5.74, 6) is 0.480. The zero-order valence-corrected chi connectivity index (χ0v) is 12.2. The Morgan fingerprint density at radius 2 is 1.61 bits per heavy atom. The molecule has 0 aliphatic heterocycles. The van der Waals surface area contributed by atoms with Gasteiger partial charge in [0.25, 0.3) is 0 Å². The van der Waals surface area contributed by atoms with E-state index in [0.717, 1.165) is 22.6 Å². The van der Waals surface area contributed by atoms with E-state index in [1.807, 2.05) is 42.5 Å². The van der Waals surface area contributed by atoms with Crippen molar-refractivity contribution in [1.29, 1.82) is 0 Å². The summed E-state index contributed by atoms with van der Waals surface area (Å²) in [6.07, 6.45) is 0.548. The molecule has 0 unspecified atom stereocenters. The summed E-state index contributed by atoms with van der Waals surface area (Å²) in [6, 6.07) is 20.2. The second-order valence-corrected chi connectivity index (χ2v) is 5.27. The van der Waals surface area contributed by atoms with E-state index in [0.29, 0.717) is 12.1 Å². The highest BCUT2D eigenvalue weighted by Gasteiger charge is 2.09. The lowest BCUT2D eigenvalue weighted by molar-refractivity contribution is 0.627. The average molecular weight is 304 g/mol. The maximum atomic E-state index is 13.0. The van der Waals surface area contributed by atoms with E-state index in [2.05, 4.69) is 15.3 Å². The van der Waals surface area contributed by atoms with Crippen molar-refractivity contribution in [1.82, 2.24) is 19.8 Å². The molecule has 2 aromatic heterocycles. The predicted molar refractivity (Wildman–Crippen MR) is 85.4 cm³/mol. The van der Waals surface area contributed by atoms with Crippen LogP contribution in [0.1, 0.15) is 11.4 Å². The standard InChI is InChI=1S/C18H13FN4/c19-15-8-6-13(7-9-15)12-18-21-20-17-11-10-16(22-23(17)18)14-4-2-1-3-5-14/h1-11H,12H2. The quantitative estimate of drug-likeness (QED) is 0.581. The summed E-state index contributed by atoms with van der Waals surface area (Å²) >= 11 is 0. The molecule has 2 heterocycles. The second kappa shape index (κ2) is 5.61. The molecule has 0 amide bonds. The monoisotopic (exact) mass is 304 g/mol. The molecule has 0 fully saturated rings. The first-order chi connectivity index (χ1) is 11.3. The van der Waals surface area contributed by atoms with E-state index in [9.17, 15) is 4.39 Å². The first kappa shape index (κ1) is 13.6. The van der Waals surface area contributed by atoms with Crippen molar-refractivity contribution in [2.24, 2.45) is 0 Å². The van der Waals surface area contributed by atoms with Gasteiger partial charge in [-0.1, -0.05) is 42.5 Å². The molecule has 0 radical (unpaired) electrons. The van der Waals surface area contributed by atoms with Crippen LogP contribution in [0.3, 0.4) is 0 Å². The lowest BCUT2D eigenvalue weighted by Crippen LogP contribution is -2.01. The van der Waals surface area contributed by atoms with Crippen LogP contribution in [0.2, 0.25) is 0 Å². The van der Waals surface area contributed by atoms with E-state index in [4.69, 9.17) is 0 Å². The van der Waals surface area contributed by atoms with Gasteiger partial charge in [0.15, 0.2) is 11.5 Å². The van der Waals surface area contributed by atoms with Crippen molar-refractivity contribution in [3.8, 4) is 11.3 Å². The second-order valence-electron chi connectivity index (χ2n) is 5.27. The van der Waals surface area contributed by atoms with Crippen LogP contribution in [-0.4, -0.2) is 19.8 Å². The third-order valence-electron chi connectivity index (χ3n) is 3.67. The Kier molecular flexibility index (Phi) is 3.31. The molecule has 0 spiro atoms. The Balaban J connectivity index is 1.74. The molecule has 23 heavy (non-hydrogen) atoms. The summed E-state index contributed by atoms with van der Waals surface area (Å²) in [4.78, 5) is 0. The first-order valence-corrected chi connectivity index (χ1v) is 7.31. The molecule has 0 bridgehead atoms. The summed E-state index contributed by atoms with van der Waals surface area (Å²) in [6.45, 7) is 0. The van der Waals surface area contributed by atoms with E-state index in [-0.39, 0.29) is 5.82 Å². The average Bonchev–Trinajstić information content (AvgIpc) is 3.00. The first-order valence-electron chi connectivity index (χ1n) is 7.31. The van der Waals surface area contributed by atoms with Crippen molar-refractivity contribution in [3.63, 3.8) is 0 Å². The zero-order chi connectivity index (χ0) is 15.6. The fourth-order valence-electron chi connectivity index (χ4n) is 2.49. The van der Waals surface area contributed by atoms with Crippen LogP contribution in [0.4, 0.5) is 4.39 Å². The zero-order valence-electron chi connectivity index (χ0n) is 12.2. The third-order valence-corrected chi connectivity index (χ3v) is 3.67. The van der Waals surface area contributed by atoms with Gasteiger partial charge >= 0.3 is 0 Å². The molecule has 4 aromatic rings. The predicted octanol–water partition coefficient (Wildman–Crippen LogP) is 3.52. The number of rotatable bonds is 3. The molecule has 0 N–H and O–H groups in total. The summed E-state index contributed by atoms with van der Waals surface area (Å²) < 4.78 is 14.8. The largest absolute Gasteiger partial charge is 0.207 e. The summed E-state index contributed by atoms with van der Waals surface area (Å²) in [5.41, 5.74) is 3.56. The van der Waals surface area contributed by atoms with Crippen molar-refractivity contribution >= 4 is 5.65 Å². The fourth-order valence-corrected chi connectivity index (χ4v) is 2.49. The Morgan fingerprint density at radius 1 is 0.826 bits per heavy atom. The van der Waals surface area contributed by atoms with E-state index >= 15 is 0 Å². The van der Waals surface area contributed by atoms with Gasteiger partial charge in [-0.15, -0.1) is 10.2 Å². The van der Waals surface area contributed by atoms with Crippen LogP contribution in [-0.2, 0) is 6.42 Å². The van der Waals surface area contributed by atoms with Gasteiger partial charge in [0.2, 0.25) is 0 Å².